The van der Waals surface area contributed by atoms with Gasteiger partial charge in [-0.3, -0.25) is 9.78 Å². The fourth-order valence-electron chi connectivity index (χ4n) is 1.83. The van der Waals surface area contributed by atoms with Gasteiger partial charge in [-0.15, -0.1) is 0 Å². The molecule has 0 bridgehead atoms. The quantitative estimate of drug-likeness (QED) is 0.794. The van der Waals surface area contributed by atoms with Crippen molar-refractivity contribution >= 4 is 11.7 Å². The van der Waals surface area contributed by atoms with Crippen LogP contribution in [0.4, 0.5) is 5.82 Å². The van der Waals surface area contributed by atoms with Gasteiger partial charge in [0.2, 0.25) is 0 Å². The van der Waals surface area contributed by atoms with Gasteiger partial charge in [-0.1, -0.05) is 27.2 Å². The molecule has 0 aliphatic carbocycles. The summed E-state index contributed by atoms with van der Waals surface area (Å²) in [6.07, 6.45) is 5.26. The van der Waals surface area contributed by atoms with E-state index in [1.54, 1.807) is 12.4 Å². The summed E-state index contributed by atoms with van der Waals surface area (Å²) in [5, 5.41) is 3.15. The van der Waals surface area contributed by atoms with E-state index in [4.69, 9.17) is 0 Å². The predicted molar refractivity (Wildman–Crippen MR) is 81.8 cm³/mol. The van der Waals surface area contributed by atoms with E-state index in [0.29, 0.717) is 24.0 Å². The maximum atomic E-state index is 12.4. The van der Waals surface area contributed by atoms with Gasteiger partial charge in [-0.25, -0.2) is 4.98 Å². The Morgan fingerprint density at radius 3 is 2.70 bits per heavy atom. The SMILES string of the molecule is CCCNc1cncc(C(=O)N(CC)CC(C)CC)n1. The highest BCUT2D eigenvalue weighted by atomic mass is 16.2. The molecule has 0 aliphatic rings. The second-order valence-electron chi connectivity index (χ2n) is 5.07. The molecule has 1 N–H and O–H groups in total. The zero-order chi connectivity index (χ0) is 15.0. The van der Waals surface area contributed by atoms with Crippen molar-refractivity contribution < 1.29 is 4.79 Å². The Kier molecular flexibility index (Phi) is 6.98. The van der Waals surface area contributed by atoms with Crippen LogP contribution in [0.1, 0.15) is 51.0 Å². The number of carbonyl (C=O) groups excluding carboxylic acids is 1. The van der Waals surface area contributed by atoms with Crippen molar-refractivity contribution in [2.24, 2.45) is 5.92 Å². The lowest BCUT2D eigenvalue weighted by Gasteiger charge is -2.23. The topological polar surface area (TPSA) is 58.1 Å². The van der Waals surface area contributed by atoms with E-state index in [1.807, 2.05) is 11.8 Å². The molecular weight excluding hydrogens is 252 g/mol. The van der Waals surface area contributed by atoms with Gasteiger partial charge in [0.1, 0.15) is 11.5 Å². The van der Waals surface area contributed by atoms with Crippen molar-refractivity contribution in [1.29, 1.82) is 0 Å². The van der Waals surface area contributed by atoms with Crippen molar-refractivity contribution in [2.45, 2.75) is 40.5 Å². The van der Waals surface area contributed by atoms with Crippen molar-refractivity contribution in [3.63, 3.8) is 0 Å². The standard InChI is InChI=1S/C15H26N4O/c1-5-8-17-14-10-16-9-13(18-14)15(20)19(7-3)11-12(4)6-2/h9-10,12H,5-8,11H2,1-4H3,(H,17,18). The van der Waals surface area contributed by atoms with Crippen LogP contribution in [-0.4, -0.2) is 40.4 Å². The lowest BCUT2D eigenvalue weighted by Crippen LogP contribution is -2.35. The maximum absolute atomic E-state index is 12.4. The van der Waals surface area contributed by atoms with Crippen LogP contribution in [0.3, 0.4) is 0 Å². The first kappa shape index (κ1) is 16.4. The average molecular weight is 278 g/mol. The first-order chi connectivity index (χ1) is 9.62. The minimum absolute atomic E-state index is 0.0413. The number of nitrogens with zero attached hydrogens (tertiary/aromatic N) is 3. The molecule has 0 aromatic carbocycles. The van der Waals surface area contributed by atoms with Gasteiger partial charge in [0, 0.05) is 19.6 Å². The number of amides is 1. The fraction of sp³-hybridized carbons (Fsp3) is 0.667. The molecule has 1 atom stereocenters. The van der Waals surface area contributed by atoms with Gasteiger partial charge in [0.25, 0.3) is 5.91 Å². The molecule has 20 heavy (non-hydrogen) atoms. The molecule has 1 aromatic heterocycles. The molecule has 0 fully saturated rings. The number of aromatic nitrogens is 2. The Hall–Kier alpha value is -1.65. The van der Waals surface area contributed by atoms with Gasteiger partial charge in [-0.05, 0) is 19.3 Å². The van der Waals surface area contributed by atoms with Crippen molar-refractivity contribution in [3.05, 3.63) is 18.1 Å². The van der Waals surface area contributed by atoms with Gasteiger partial charge >= 0.3 is 0 Å². The molecule has 0 spiro atoms. The Labute approximate surface area is 121 Å². The van der Waals surface area contributed by atoms with Gasteiger partial charge in [0.15, 0.2) is 0 Å². The van der Waals surface area contributed by atoms with Crippen LogP contribution < -0.4 is 5.32 Å². The van der Waals surface area contributed by atoms with Crippen LogP contribution in [0.15, 0.2) is 12.4 Å². The smallest absolute Gasteiger partial charge is 0.274 e. The molecule has 0 radical (unpaired) electrons. The Bertz CT molecular complexity index is 422. The zero-order valence-electron chi connectivity index (χ0n) is 13.0. The van der Waals surface area contributed by atoms with Crippen molar-refractivity contribution in [3.8, 4) is 0 Å². The molecule has 0 saturated heterocycles. The number of nitrogens with one attached hydrogen (secondary N) is 1. The molecule has 5 heteroatoms. The molecule has 0 saturated carbocycles. The summed E-state index contributed by atoms with van der Waals surface area (Å²) >= 11 is 0. The van der Waals surface area contributed by atoms with E-state index in [9.17, 15) is 4.79 Å². The minimum atomic E-state index is -0.0413. The molecule has 1 unspecified atom stereocenters. The summed E-state index contributed by atoms with van der Waals surface area (Å²) in [6, 6.07) is 0. The van der Waals surface area contributed by atoms with Crippen LogP contribution in [-0.2, 0) is 0 Å². The van der Waals surface area contributed by atoms with Crippen LogP contribution in [0, 0.1) is 5.92 Å². The summed E-state index contributed by atoms with van der Waals surface area (Å²) in [7, 11) is 0. The number of hydrogen-bond donors (Lipinski definition) is 1. The molecule has 1 amide bonds. The predicted octanol–water partition coefficient (Wildman–Crippen LogP) is 2.81. The largest absolute Gasteiger partial charge is 0.369 e. The van der Waals surface area contributed by atoms with E-state index in [-0.39, 0.29) is 5.91 Å². The fourth-order valence-corrected chi connectivity index (χ4v) is 1.83. The number of carbonyl (C=O) groups is 1. The van der Waals surface area contributed by atoms with Crippen molar-refractivity contribution in [1.82, 2.24) is 14.9 Å². The number of hydrogen-bond acceptors (Lipinski definition) is 4. The van der Waals surface area contributed by atoms with E-state index in [1.165, 1.54) is 0 Å². The minimum Gasteiger partial charge on any atom is -0.369 e. The van der Waals surface area contributed by atoms with Crippen molar-refractivity contribution in [2.75, 3.05) is 25.0 Å². The summed E-state index contributed by atoms with van der Waals surface area (Å²) in [5.74, 6) is 1.12. The maximum Gasteiger partial charge on any atom is 0.274 e. The second kappa shape index (κ2) is 8.51. The zero-order valence-corrected chi connectivity index (χ0v) is 13.0. The number of anilines is 1. The molecule has 0 aliphatic heterocycles. The number of rotatable bonds is 8. The lowest BCUT2D eigenvalue weighted by molar-refractivity contribution is 0.0734. The van der Waals surface area contributed by atoms with E-state index < -0.39 is 0 Å². The first-order valence-corrected chi connectivity index (χ1v) is 7.47. The van der Waals surface area contributed by atoms with Crippen LogP contribution in [0.25, 0.3) is 0 Å². The Balaban J connectivity index is 2.78. The monoisotopic (exact) mass is 278 g/mol. The van der Waals surface area contributed by atoms with Gasteiger partial charge in [-0.2, -0.15) is 0 Å². The lowest BCUT2D eigenvalue weighted by atomic mass is 10.1. The summed E-state index contributed by atoms with van der Waals surface area (Å²) in [4.78, 5) is 22.7. The molecular formula is C15H26N4O. The van der Waals surface area contributed by atoms with Crippen LogP contribution in [0.5, 0.6) is 0 Å². The summed E-state index contributed by atoms with van der Waals surface area (Å²) < 4.78 is 0. The average Bonchev–Trinajstić information content (AvgIpc) is 2.49. The third-order valence-electron chi connectivity index (χ3n) is 3.31. The first-order valence-electron chi connectivity index (χ1n) is 7.47. The third-order valence-corrected chi connectivity index (χ3v) is 3.31. The van der Waals surface area contributed by atoms with E-state index in [2.05, 4.69) is 36.1 Å². The Morgan fingerprint density at radius 2 is 2.10 bits per heavy atom. The molecule has 1 heterocycles. The summed E-state index contributed by atoms with van der Waals surface area (Å²) in [5.41, 5.74) is 0.413. The third kappa shape index (κ3) is 4.79. The normalized spacial score (nSPS) is 12.0. The highest BCUT2D eigenvalue weighted by Crippen LogP contribution is 2.09. The molecule has 1 rings (SSSR count). The summed E-state index contributed by atoms with van der Waals surface area (Å²) in [6.45, 7) is 10.7. The van der Waals surface area contributed by atoms with Crippen LogP contribution in [0.2, 0.25) is 0 Å². The molecule has 1 aromatic rings. The second-order valence-corrected chi connectivity index (χ2v) is 5.07. The van der Waals surface area contributed by atoms with E-state index >= 15 is 0 Å². The van der Waals surface area contributed by atoms with Crippen LogP contribution >= 0.6 is 0 Å². The highest BCUT2D eigenvalue weighted by Gasteiger charge is 2.18. The Morgan fingerprint density at radius 1 is 1.35 bits per heavy atom. The van der Waals surface area contributed by atoms with Gasteiger partial charge < -0.3 is 10.2 Å². The van der Waals surface area contributed by atoms with Gasteiger partial charge in [0.05, 0.1) is 12.4 Å². The molecule has 112 valence electrons. The van der Waals surface area contributed by atoms with E-state index in [0.717, 1.165) is 25.9 Å². The molecule has 5 nitrogen and oxygen atoms in total. The highest BCUT2D eigenvalue weighted by molar-refractivity contribution is 5.92.